The van der Waals surface area contributed by atoms with Crippen LogP contribution in [0.4, 0.5) is 17.6 Å². The van der Waals surface area contributed by atoms with Gasteiger partial charge in [-0.05, 0) is 71.7 Å². The smallest absolute Gasteiger partial charge is 0.247 e. The Kier molecular flexibility index (Phi) is 9.31. The van der Waals surface area contributed by atoms with E-state index >= 15 is 0 Å². The van der Waals surface area contributed by atoms with E-state index in [1.165, 1.54) is 6.20 Å². The van der Waals surface area contributed by atoms with Gasteiger partial charge in [-0.3, -0.25) is 0 Å². The van der Waals surface area contributed by atoms with Crippen LogP contribution in [0.1, 0.15) is 0 Å². The van der Waals surface area contributed by atoms with Crippen LogP contribution in [0, 0.1) is 0 Å². The molecule has 0 radical (unpaired) electrons. The van der Waals surface area contributed by atoms with Crippen molar-refractivity contribution in [2.45, 2.75) is 19.9 Å². The molecule has 0 aliphatic heterocycles. The first-order chi connectivity index (χ1) is 11.3. The number of halogens is 9. The summed E-state index contributed by atoms with van der Waals surface area (Å²) >= 11 is 22.5. The van der Waals surface area contributed by atoms with Gasteiger partial charge in [0.25, 0.3) is 0 Å². The zero-order valence-corrected chi connectivity index (χ0v) is 19.4. The van der Waals surface area contributed by atoms with Gasteiger partial charge in [0.2, 0.25) is 0 Å². The SMILES string of the molecule is FC(F)(Br)C(F)(F)Sc1cc(Cl)cnc1Br.Sc1cc(Cl)cnc1Br. The highest BCUT2D eigenvalue weighted by Crippen LogP contribution is 2.51. The number of hydrogen-bond acceptors (Lipinski definition) is 4. The molecule has 2 heterocycles. The second-order valence-electron chi connectivity index (χ2n) is 4.02. The van der Waals surface area contributed by atoms with Crippen molar-refractivity contribution in [3.8, 4) is 0 Å². The summed E-state index contributed by atoms with van der Waals surface area (Å²) in [6.07, 6.45) is 2.77. The van der Waals surface area contributed by atoms with Crippen LogP contribution >= 0.6 is 95.4 Å². The molecule has 0 aliphatic carbocycles. The van der Waals surface area contributed by atoms with Crippen molar-refractivity contribution in [2.24, 2.45) is 0 Å². The van der Waals surface area contributed by atoms with Crippen molar-refractivity contribution in [1.29, 1.82) is 0 Å². The number of rotatable bonds is 3. The van der Waals surface area contributed by atoms with Crippen molar-refractivity contribution in [3.63, 3.8) is 0 Å². The molecule has 0 atom stereocenters. The summed E-state index contributed by atoms with van der Waals surface area (Å²) in [4.78, 5) is 3.77. The quantitative estimate of drug-likeness (QED) is 0.123. The molecule has 0 N–H and O–H groups in total. The fourth-order valence-corrected chi connectivity index (χ4v) is 3.37. The molecule has 0 aromatic carbocycles. The summed E-state index contributed by atoms with van der Waals surface area (Å²) in [5.74, 6) is 0. The molecular formula is C12H5Br3Cl2F4N2S2. The summed E-state index contributed by atoms with van der Waals surface area (Å²) in [7, 11) is 0. The lowest BCUT2D eigenvalue weighted by Gasteiger charge is -2.20. The summed E-state index contributed by atoms with van der Waals surface area (Å²) < 4.78 is 51.7. The predicted octanol–water partition coefficient (Wildman–Crippen LogP) is 7.96. The average molecular weight is 628 g/mol. The van der Waals surface area contributed by atoms with E-state index in [-0.39, 0.29) is 26.3 Å². The molecular weight excluding hydrogens is 623 g/mol. The summed E-state index contributed by atoms with van der Waals surface area (Å²) in [5, 5.41) is -3.62. The van der Waals surface area contributed by atoms with E-state index in [2.05, 4.69) is 54.5 Å². The molecule has 13 heteroatoms. The Morgan fingerprint density at radius 2 is 1.44 bits per heavy atom. The number of thioether (sulfide) groups is 1. The van der Waals surface area contributed by atoms with E-state index in [0.29, 0.717) is 5.02 Å². The lowest BCUT2D eigenvalue weighted by atomic mass is 10.5. The zero-order valence-electron chi connectivity index (χ0n) is 11.5. The third-order valence-corrected chi connectivity index (χ3v) is 6.52. The number of pyridine rings is 2. The number of hydrogen-bond donors (Lipinski definition) is 1. The zero-order chi connectivity index (χ0) is 19.4. The van der Waals surface area contributed by atoms with Crippen LogP contribution in [0.15, 0.2) is 43.5 Å². The number of thiol groups is 1. The Hall–Kier alpha value is 0.740. The topological polar surface area (TPSA) is 25.8 Å². The predicted molar refractivity (Wildman–Crippen MR) is 106 cm³/mol. The first-order valence-electron chi connectivity index (χ1n) is 5.78. The number of alkyl halides is 5. The van der Waals surface area contributed by atoms with E-state index < -0.39 is 10.1 Å². The molecule has 138 valence electrons. The molecule has 2 rings (SSSR count). The Bertz CT molecular complexity index is 751. The molecule has 2 nitrogen and oxygen atoms in total. The summed E-state index contributed by atoms with van der Waals surface area (Å²) in [6.45, 7) is 0. The highest BCUT2D eigenvalue weighted by Gasteiger charge is 2.55. The molecule has 25 heavy (non-hydrogen) atoms. The molecule has 0 unspecified atom stereocenters. The van der Waals surface area contributed by atoms with Crippen LogP contribution in [0.25, 0.3) is 0 Å². The molecule has 0 spiro atoms. The van der Waals surface area contributed by atoms with Gasteiger partial charge in [-0.1, -0.05) is 23.2 Å². The van der Waals surface area contributed by atoms with Crippen molar-refractivity contribution < 1.29 is 17.6 Å². The maximum atomic E-state index is 13.0. The van der Waals surface area contributed by atoms with Crippen LogP contribution in [-0.2, 0) is 0 Å². The summed E-state index contributed by atoms with van der Waals surface area (Å²) in [5.41, 5.74) is 0. The third-order valence-electron chi connectivity index (χ3n) is 2.13. The van der Waals surface area contributed by atoms with Gasteiger partial charge in [0, 0.05) is 22.2 Å². The van der Waals surface area contributed by atoms with Crippen LogP contribution in [0.3, 0.4) is 0 Å². The van der Waals surface area contributed by atoms with E-state index in [0.717, 1.165) is 15.6 Å². The molecule has 0 aliphatic rings. The van der Waals surface area contributed by atoms with Gasteiger partial charge in [-0.15, -0.1) is 12.6 Å². The van der Waals surface area contributed by atoms with Gasteiger partial charge in [0.1, 0.15) is 9.21 Å². The van der Waals surface area contributed by atoms with Crippen molar-refractivity contribution in [1.82, 2.24) is 9.97 Å². The average Bonchev–Trinajstić information content (AvgIpc) is 2.46. The number of nitrogens with zero attached hydrogens (tertiary/aromatic N) is 2. The summed E-state index contributed by atoms with van der Waals surface area (Å²) in [6, 6.07) is 2.84. The Morgan fingerprint density at radius 1 is 0.960 bits per heavy atom. The molecule has 0 saturated heterocycles. The standard InChI is InChI=1S/C7H2Br2ClF4NS.C5H3BrClNS/c8-5-4(1-3(10)2-15-5)16-7(13,14)6(9,11)12;6-5-4(9)1-3(7)2-8-5/h1-2H;1-2,9H. The Labute approximate surface area is 185 Å². The highest BCUT2D eigenvalue weighted by molar-refractivity contribution is 9.10. The first-order valence-corrected chi connectivity index (χ1v) is 10.2. The number of aromatic nitrogens is 2. The lowest BCUT2D eigenvalue weighted by molar-refractivity contribution is -0.0779. The minimum atomic E-state index is -4.31. The van der Waals surface area contributed by atoms with Gasteiger partial charge < -0.3 is 0 Å². The maximum absolute atomic E-state index is 13.0. The Balaban J connectivity index is 0.000000293. The van der Waals surface area contributed by atoms with Crippen molar-refractivity contribution in [3.05, 3.63) is 43.8 Å². The highest BCUT2D eigenvalue weighted by atomic mass is 79.9. The molecule has 0 saturated carbocycles. The van der Waals surface area contributed by atoms with Crippen LogP contribution in [0.5, 0.6) is 0 Å². The monoisotopic (exact) mass is 624 g/mol. The molecule has 0 bridgehead atoms. The van der Waals surface area contributed by atoms with Crippen molar-refractivity contribution >= 4 is 95.4 Å². The fraction of sp³-hybridized carbons (Fsp3) is 0.167. The second-order valence-corrected chi connectivity index (χ2v) is 9.03. The molecule has 0 amide bonds. The molecule has 0 fully saturated rings. The lowest BCUT2D eigenvalue weighted by Crippen LogP contribution is -2.31. The van der Waals surface area contributed by atoms with E-state index in [1.54, 1.807) is 28.2 Å². The van der Waals surface area contributed by atoms with Crippen LogP contribution in [-0.4, -0.2) is 20.1 Å². The minimum Gasteiger partial charge on any atom is -0.247 e. The van der Waals surface area contributed by atoms with Crippen LogP contribution in [0.2, 0.25) is 10.0 Å². The van der Waals surface area contributed by atoms with E-state index in [4.69, 9.17) is 23.2 Å². The first kappa shape index (κ1) is 23.8. The van der Waals surface area contributed by atoms with Gasteiger partial charge in [-0.2, -0.15) is 17.6 Å². The van der Waals surface area contributed by atoms with E-state index in [9.17, 15) is 17.6 Å². The molecule has 2 aromatic rings. The maximum Gasteiger partial charge on any atom is 0.373 e. The largest absolute Gasteiger partial charge is 0.373 e. The van der Waals surface area contributed by atoms with Gasteiger partial charge in [-0.25, -0.2) is 9.97 Å². The van der Waals surface area contributed by atoms with Crippen LogP contribution < -0.4 is 0 Å². The van der Waals surface area contributed by atoms with Gasteiger partial charge in [0.05, 0.1) is 10.0 Å². The van der Waals surface area contributed by atoms with E-state index in [1.807, 2.05) is 0 Å². The third kappa shape index (κ3) is 7.71. The minimum absolute atomic E-state index is 0.0262. The Morgan fingerprint density at radius 3 is 1.88 bits per heavy atom. The second kappa shape index (κ2) is 9.79. The molecule has 2 aromatic heterocycles. The van der Waals surface area contributed by atoms with Gasteiger partial charge >= 0.3 is 10.1 Å². The van der Waals surface area contributed by atoms with Crippen molar-refractivity contribution in [2.75, 3.05) is 0 Å². The van der Waals surface area contributed by atoms with Gasteiger partial charge in [0.15, 0.2) is 0 Å². The normalized spacial score (nSPS) is 11.8. The fourth-order valence-electron chi connectivity index (χ4n) is 1.08.